The van der Waals surface area contributed by atoms with Gasteiger partial charge in [0.05, 0.1) is 30.3 Å². The van der Waals surface area contributed by atoms with Gasteiger partial charge in [-0.1, -0.05) is 12.1 Å². The highest BCUT2D eigenvalue weighted by molar-refractivity contribution is 7.99. The predicted octanol–water partition coefficient (Wildman–Crippen LogP) is 2.17. The van der Waals surface area contributed by atoms with Gasteiger partial charge in [-0.3, -0.25) is 0 Å². The smallest absolute Gasteiger partial charge is 0.101 e. The average Bonchev–Trinajstić information content (AvgIpc) is 2.52. The van der Waals surface area contributed by atoms with Gasteiger partial charge < -0.3 is 9.64 Å². The first-order valence-electron chi connectivity index (χ1n) is 8.07. The van der Waals surface area contributed by atoms with Gasteiger partial charge in [0, 0.05) is 11.1 Å². The summed E-state index contributed by atoms with van der Waals surface area (Å²) >= 11 is 1.88. The van der Waals surface area contributed by atoms with E-state index in [1.165, 1.54) is 34.1 Å². The van der Waals surface area contributed by atoms with Crippen molar-refractivity contribution in [2.75, 3.05) is 38.6 Å². The van der Waals surface area contributed by atoms with Crippen molar-refractivity contribution >= 4 is 22.7 Å². The van der Waals surface area contributed by atoms with Gasteiger partial charge in [0.25, 0.3) is 0 Å². The van der Waals surface area contributed by atoms with Crippen LogP contribution >= 0.6 is 11.8 Å². The fourth-order valence-corrected chi connectivity index (χ4v) is 3.97. The Kier molecular flexibility index (Phi) is 5.01. The van der Waals surface area contributed by atoms with Gasteiger partial charge in [-0.25, -0.2) is 4.98 Å². The second-order valence-corrected chi connectivity index (χ2v) is 7.26. The van der Waals surface area contributed by atoms with Crippen LogP contribution in [0.4, 0.5) is 0 Å². The second kappa shape index (κ2) is 6.99. The zero-order valence-corrected chi connectivity index (χ0v) is 14.6. The number of aromatic nitrogens is 1. The highest BCUT2D eigenvalue weighted by atomic mass is 32.2. The summed E-state index contributed by atoms with van der Waals surface area (Å²) in [5.41, 5.74) is 5.12. The van der Waals surface area contributed by atoms with Crippen LogP contribution in [0, 0.1) is 20.8 Å². The number of hydrogen-bond acceptors (Lipinski definition) is 3. The first-order valence-corrected chi connectivity index (χ1v) is 9.05. The molecule has 1 aromatic heterocycles. The molecular weight excluding hydrogens is 292 g/mol. The third kappa shape index (κ3) is 3.45. The summed E-state index contributed by atoms with van der Waals surface area (Å²) in [6.45, 7) is 11.8. The molecule has 1 N–H and O–H groups in total. The Morgan fingerprint density at radius 1 is 1.14 bits per heavy atom. The molecule has 1 fully saturated rings. The van der Waals surface area contributed by atoms with E-state index in [1.807, 2.05) is 11.8 Å². The van der Waals surface area contributed by atoms with Gasteiger partial charge in [0.15, 0.2) is 0 Å². The van der Waals surface area contributed by atoms with E-state index in [2.05, 4.69) is 39.0 Å². The lowest BCUT2D eigenvalue weighted by Gasteiger charge is -2.23. The number of ether oxygens (including phenoxy) is 1. The lowest BCUT2D eigenvalue weighted by Crippen LogP contribution is -3.14. The number of pyridine rings is 1. The molecule has 0 saturated carbocycles. The third-order valence-electron chi connectivity index (χ3n) is 4.59. The number of thioether (sulfide) groups is 1. The molecule has 3 nitrogen and oxygen atoms in total. The molecule has 0 amide bonds. The maximum Gasteiger partial charge on any atom is 0.101 e. The average molecular weight is 317 g/mol. The van der Waals surface area contributed by atoms with E-state index in [4.69, 9.17) is 9.72 Å². The van der Waals surface area contributed by atoms with Gasteiger partial charge in [-0.15, -0.1) is 11.8 Å². The van der Waals surface area contributed by atoms with Gasteiger partial charge in [-0.05, 0) is 43.5 Å². The molecule has 1 aromatic carbocycles. The molecule has 3 rings (SSSR count). The van der Waals surface area contributed by atoms with Gasteiger partial charge in [-0.2, -0.15) is 0 Å². The largest absolute Gasteiger partial charge is 0.370 e. The van der Waals surface area contributed by atoms with Crippen LogP contribution in [-0.2, 0) is 4.74 Å². The molecule has 0 bridgehead atoms. The maximum atomic E-state index is 5.41. The first kappa shape index (κ1) is 15.8. The Morgan fingerprint density at radius 3 is 2.68 bits per heavy atom. The minimum atomic E-state index is 0.909. The summed E-state index contributed by atoms with van der Waals surface area (Å²) in [4.78, 5) is 6.56. The van der Waals surface area contributed by atoms with Crippen LogP contribution in [0.25, 0.3) is 10.9 Å². The summed E-state index contributed by atoms with van der Waals surface area (Å²) in [5.74, 6) is 1.12. The molecule has 0 atom stereocenters. The second-order valence-electron chi connectivity index (χ2n) is 6.14. The standard InChI is InChI=1S/C18H24N2OS/c1-13-4-5-16-14(2)12-17(19-18(16)15(13)3)22-11-8-20-6-9-21-10-7-20/h4-5,12H,6-11H2,1-3H3/p+1. The van der Waals surface area contributed by atoms with Crippen molar-refractivity contribution < 1.29 is 9.64 Å². The number of nitrogens with zero attached hydrogens (tertiary/aromatic N) is 1. The quantitative estimate of drug-likeness (QED) is 0.876. The number of quaternary nitrogens is 1. The zero-order valence-electron chi connectivity index (χ0n) is 13.7. The first-order chi connectivity index (χ1) is 10.6. The molecule has 2 heterocycles. The van der Waals surface area contributed by atoms with E-state index in [1.54, 1.807) is 4.90 Å². The van der Waals surface area contributed by atoms with E-state index in [0.717, 1.165) is 37.1 Å². The van der Waals surface area contributed by atoms with E-state index in [9.17, 15) is 0 Å². The highest BCUT2D eigenvalue weighted by Crippen LogP contribution is 2.26. The number of rotatable bonds is 4. The molecule has 1 aliphatic rings. The van der Waals surface area contributed by atoms with E-state index in [-0.39, 0.29) is 0 Å². The van der Waals surface area contributed by atoms with Crippen LogP contribution < -0.4 is 4.90 Å². The van der Waals surface area contributed by atoms with Crippen LogP contribution in [0.2, 0.25) is 0 Å². The van der Waals surface area contributed by atoms with Crippen molar-refractivity contribution in [1.29, 1.82) is 0 Å². The molecule has 0 aliphatic carbocycles. The van der Waals surface area contributed by atoms with Gasteiger partial charge in [0.2, 0.25) is 0 Å². The Balaban J connectivity index is 1.72. The van der Waals surface area contributed by atoms with Crippen molar-refractivity contribution in [2.24, 2.45) is 0 Å². The maximum absolute atomic E-state index is 5.41. The van der Waals surface area contributed by atoms with Crippen molar-refractivity contribution in [3.05, 3.63) is 34.9 Å². The molecule has 22 heavy (non-hydrogen) atoms. The van der Waals surface area contributed by atoms with Gasteiger partial charge in [0.1, 0.15) is 13.1 Å². The molecular formula is C18H25N2OS+. The highest BCUT2D eigenvalue weighted by Gasteiger charge is 2.14. The van der Waals surface area contributed by atoms with Crippen molar-refractivity contribution in [2.45, 2.75) is 25.8 Å². The van der Waals surface area contributed by atoms with Crippen molar-refractivity contribution in [3.63, 3.8) is 0 Å². The molecule has 1 saturated heterocycles. The summed E-state index contributed by atoms with van der Waals surface area (Å²) in [5, 5.41) is 2.44. The number of fused-ring (bicyclic) bond motifs is 1. The molecule has 0 unspecified atom stereocenters. The summed E-state index contributed by atoms with van der Waals surface area (Å²) in [6.07, 6.45) is 0. The topological polar surface area (TPSA) is 26.6 Å². The fourth-order valence-electron chi connectivity index (χ4n) is 2.95. The molecule has 0 radical (unpaired) electrons. The third-order valence-corrected chi connectivity index (χ3v) is 5.51. The van der Waals surface area contributed by atoms with Crippen LogP contribution in [-0.4, -0.2) is 43.6 Å². The van der Waals surface area contributed by atoms with E-state index < -0.39 is 0 Å². The Bertz CT molecular complexity index is 666. The molecule has 118 valence electrons. The number of aryl methyl sites for hydroxylation is 3. The van der Waals surface area contributed by atoms with E-state index in [0.29, 0.717) is 0 Å². The normalized spacial score (nSPS) is 16.3. The Morgan fingerprint density at radius 2 is 1.91 bits per heavy atom. The minimum absolute atomic E-state index is 0.909. The summed E-state index contributed by atoms with van der Waals surface area (Å²) in [7, 11) is 0. The van der Waals surface area contributed by atoms with Crippen LogP contribution in [0.5, 0.6) is 0 Å². The summed E-state index contributed by atoms with van der Waals surface area (Å²) < 4.78 is 5.41. The SMILES string of the molecule is Cc1ccc2c(C)cc(SCC[NH+]3CCOCC3)nc2c1C. The number of benzene rings is 1. The predicted molar refractivity (Wildman–Crippen MR) is 93.1 cm³/mol. The molecule has 2 aromatic rings. The minimum Gasteiger partial charge on any atom is -0.370 e. The summed E-state index contributed by atoms with van der Waals surface area (Å²) in [6, 6.07) is 6.63. The van der Waals surface area contributed by atoms with Crippen molar-refractivity contribution in [3.8, 4) is 0 Å². The lowest BCUT2D eigenvalue weighted by molar-refractivity contribution is -0.905. The van der Waals surface area contributed by atoms with Crippen LogP contribution in [0.1, 0.15) is 16.7 Å². The van der Waals surface area contributed by atoms with Crippen molar-refractivity contribution in [1.82, 2.24) is 4.98 Å². The monoisotopic (exact) mass is 317 g/mol. The number of hydrogen-bond donors (Lipinski definition) is 1. The molecule has 0 spiro atoms. The lowest BCUT2D eigenvalue weighted by atomic mass is 10.0. The van der Waals surface area contributed by atoms with Crippen LogP contribution in [0.3, 0.4) is 0 Å². The van der Waals surface area contributed by atoms with Gasteiger partial charge >= 0.3 is 0 Å². The van der Waals surface area contributed by atoms with E-state index >= 15 is 0 Å². The zero-order chi connectivity index (χ0) is 15.5. The Labute approximate surface area is 137 Å². The Hall–Kier alpha value is -1.10. The molecule has 1 aliphatic heterocycles. The number of morpholine rings is 1. The fraction of sp³-hybridized carbons (Fsp3) is 0.500. The van der Waals surface area contributed by atoms with Crippen LogP contribution in [0.15, 0.2) is 23.2 Å². The number of nitrogens with one attached hydrogen (secondary N) is 1. The molecule has 4 heteroatoms.